The highest BCUT2D eigenvalue weighted by Crippen LogP contribution is 2.31. The average molecular weight is 270 g/mol. The van der Waals surface area contributed by atoms with Gasteiger partial charge in [-0.1, -0.05) is 6.07 Å². The second-order valence-corrected chi connectivity index (χ2v) is 5.12. The van der Waals surface area contributed by atoms with E-state index in [4.69, 9.17) is 0 Å². The monoisotopic (exact) mass is 270 g/mol. The van der Waals surface area contributed by atoms with Gasteiger partial charge < -0.3 is 0 Å². The van der Waals surface area contributed by atoms with Crippen molar-refractivity contribution in [3.63, 3.8) is 0 Å². The third-order valence-electron chi connectivity index (χ3n) is 3.96. The number of benzene rings is 1. The third-order valence-corrected chi connectivity index (χ3v) is 3.96. The minimum Gasteiger partial charge on any atom is -0.282 e. The van der Waals surface area contributed by atoms with Crippen LogP contribution in [0.25, 0.3) is 38.2 Å². The van der Waals surface area contributed by atoms with Gasteiger partial charge in [0.1, 0.15) is 12.0 Å². The Balaban J connectivity index is 2.18. The molecule has 0 fully saturated rings. The van der Waals surface area contributed by atoms with Crippen LogP contribution in [0.4, 0.5) is 0 Å². The van der Waals surface area contributed by atoms with Crippen molar-refractivity contribution in [2.24, 2.45) is 0 Å². The van der Waals surface area contributed by atoms with Crippen molar-refractivity contribution in [3.8, 4) is 0 Å². The van der Waals surface area contributed by atoms with Crippen LogP contribution in [0.15, 0.2) is 61.3 Å². The number of fused-ring (bicyclic) bond motifs is 7. The molecule has 21 heavy (non-hydrogen) atoms. The molecule has 0 radical (unpaired) electrons. The first-order valence-electron chi connectivity index (χ1n) is 6.79. The SMILES string of the molecule is c1cnc2cc3c(cc2c1)c1cccnc1n1cncc31. The van der Waals surface area contributed by atoms with Gasteiger partial charge in [0.2, 0.25) is 0 Å². The van der Waals surface area contributed by atoms with Gasteiger partial charge in [0.15, 0.2) is 0 Å². The Labute approximate surface area is 119 Å². The van der Waals surface area contributed by atoms with Crippen LogP contribution in [-0.4, -0.2) is 19.4 Å². The molecule has 0 saturated carbocycles. The van der Waals surface area contributed by atoms with Crippen molar-refractivity contribution >= 4 is 38.2 Å². The van der Waals surface area contributed by atoms with Crippen molar-refractivity contribution in [1.82, 2.24) is 19.4 Å². The van der Waals surface area contributed by atoms with E-state index < -0.39 is 0 Å². The Bertz CT molecular complexity index is 1140. The summed E-state index contributed by atoms with van der Waals surface area (Å²) in [6.45, 7) is 0. The number of nitrogens with zero attached hydrogens (tertiary/aromatic N) is 4. The third kappa shape index (κ3) is 1.36. The lowest BCUT2D eigenvalue weighted by Crippen LogP contribution is -1.92. The molecule has 4 aromatic heterocycles. The Morgan fingerprint density at radius 2 is 1.76 bits per heavy atom. The first-order valence-corrected chi connectivity index (χ1v) is 6.79. The van der Waals surface area contributed by atoms with Crippen molar-refractivity contribution in [2.45, 2.75) is 0 Å². The lowest BCUT2D eigenvalue weighted by atomic mass is 10.0. The molecule has 0 spiro atoms. The van der Waals surface area contributed by atoms with Crippen molar-refractivity contribution < 1.29 is 0 Å². The largest absolute Gasteiger partial charge is 0.282 e. The zero-order valence-corrected chi connectivity index (χ0v) is 11.1. The molecule has 0 atom stereocenters. The van der Waals surface area contributed by atoms with Crippen LogP contribution in [0, 0.1) is 0 Å². The van der Waals surface area contributed by atoms with Gasteiger partial charge in [-0.05, 0) is 35.7 Å². The first kappa shape index (κ1) is 10.7. The molecular weight excluding hydrogens is 260 g/mol. The summed E-state index contributed by atoms with van der Waals surface area (Å²) in [7, 11) is 0. The number of rotatable bonds is 0. The summed E-state index contributed by atoms with van der Waals surface area (Å²) in [5.41, 5.74) is 2.99. The van der Waals surface area contributed by atoms with E-state index in [0.29, 0.717) is 0 Å². The minimum atomic E-state index is 0.931. The van der Waals surface area contributed by atoms with Crippen LogP contribution in [0.5, 0.6) is 0 Å². The fourth-order valence-corrected chi connectivity index (χ4v) is 3.02. The zero-order valence-electron chi connectivity index (χ0n) is 11.1. The predicted octanol–water partition coefficient (Wildman–Crippen LogP) is 3.58. The van der Waals surface area contributed by atoms with Crippen LogP contribution in [0.2, 0.25) is 0 Å². The summed E-state index contributed by atoms with van der Waals surface area (Å²) in [6.07, 6.45) is 7.33. The first-order chi connectivity index (χ1) is 10.4. The number of pyridine rings is 3. The van der Waals surface area contributed by atoms with E-state index in [9.17, 15) is 0 Å². The topological polar surface area (TPSA) is 43.1 Å². The smallest absolute Gasteiger partial charge is 0.146 e. The summed E-state index contributed by atoms with van der Waals surface area (Å²) in [5, 5.41) is 4.61. The van der Waals surface area contributed by atoms with Crippen LogP contribution >= 0.6 is 0 Å². The summed E-state index contributed by atoms with van der Waals surface area (Å²) < 4.78 is 2.03. The van der Waals surface area contributed by atoms with Crippen LogP contribution in [-0.2, 0) is 0 Å². The molecule has 0 aliphatic rings. The molecule has 1 aromatic carbocycles. The van der Waals surface area contributed by atoms with E-state index >= 15 is 0 Å². The molecule has 5 aromatic rings. The van der Waals surface area contributed by atoms with E-state index in [-0.39, 0.29) is 0 Å². The molecule has 0 N–H and O–H groups in total. The Morgan fingerprint density at radius 1 is 0.857 bits per heavy atom. The standard InChI is InChI=1S/C17H10N4/c1-3-11-7-13-12-4-2-6-20-17(12)21-10-18-9-16(21)14(13)8-15(11)19-5-1/h1-10H. The van der Waals surface area contributed by atoms with Gasteiger partial charge >= 0.3 is 0 Å². The number of imidazole rings is 1. The van der Waals surface area contributed by atoms with Crippen molar-refractivity contribution in [3.05, 3.63) is 61.3 Å². The fraction of sp³-hybridized carbons (Fsp3) is 0. The maximum atomic E-state index is 4.52. The number of hydrogen-bond donors (Lipinski definition) is 0. The molecule has 0 bridgehead atoms. The van der Waals surface area contributed by atoms with Gasteiger partial charge in [-0.3, -0.25) is 9.38 Å². The zero-order chi connectivity index (χ0) is 13.8. The molecule has 0 amide bonds. The van der Waals surface area contributed by atoms with Gasteiger partial charge in [-0.25, -0.2) is 9.97 Å². The lowest BCUT2D eigenvalue weighted by Gasteiger charge is -2.08. The fourth-order valence-electron chi connectivity index (χ4n) is 3.02. The molecule has 4 nitrogen and oxygen atoms in total. The van der Waals surface area contributed by atoms with E-state index in [0.717, 1.165) is 32.8 Å². The van der Waals surface area contributed by atoms with Gasteiger partial charge in [0.25, 0.3) is 0 Å². The lowest BCUT2D eigenvalue weighted by molar-refractivity contribution is 1.17. The summed E-state index contributed by atoms with van der Waals surface area (Å²) in [6, 6.07) is 12.4. The molecule has 4 heterocycles. The van der Waals surface area contributed by atoms with Gasteiger partial charge in [0.05, 0.1) is 17.2 Å². The number of aromatic nitrogens is 4. The Kier molecular flexibility index (Phi) is 1.92. The molecule has 4 heteroatoms. The van der Waals surface area contributed by atoms with Crippen LogP contribution in [0.3, 0.4) is 0 Å². The summed E-state index contributed by atoms with van der Waals surface area (Å²) >= 11 is 0. The Hall–Kier alpha value is -3.01. The van der Waals surface area contributed by atoms with E-state index in [1.807, 2.05) is 41.5 Å². The van der Waals surface area contributed by atoms with Crippen LogP contribution < -0.4 is 0 Å². The highest BCUT2D eigenvalue weighted by molar-refractivity contribution is 6.15. The van der Waals surface area contributed by atoms with Gasteiger partial charge in [-0.15, -0.1) is 0 Å². The highest BCUT2D eigenvalue weighted by atomic mass is 15.0. The predicted molar refractivity (Wildman–Crippen MR) is 83.3 cm³/mol. The second-order valence-electron chi connectivity index (χ2n) is 5.12. The van der Waals surface area contributed by atoms with Crippen molar-refractivity contribution in [2.75, 3.05) is 0 Å². The summed E-state index contributed by atoms with van der Waals surface area (Å²) in [4.78, 5) is 13.3. The second kappa shape index (κ2) is 3.76. The molecule has 0 aliphatic heterocycles. The summed E-state index contributed by atoms with van der Waals surface area (Å²) in [5.74, 6) is 0. The van der Waals surface area contributed by atoms with Gasteiger partial charge in [0, 0.05) is 28.6 Å². The molecule has 0 unspecified atom stereocenters. The van der Waals surface area contributed by atoms with Crippen molar-refractivity contribution in [1.29, 1.82) is 0 Å². The normalized spacial score (nSPS) is 11.8. The Morgan fingerprint density at radius 3 is 2.76 bits per heavy atom. The maximum absolute atomic E-state index is 4.52. The molecular formula is C17H10N4. The van der Waals surface area contributed by atoms with E-state index in [2.05, 4.69) is 39.2 Å². The average Bonchev–Trinajstić information content (AvgIpc) is 3.03. The highest BCUT2D eigenvalue weighted by Gasteiger charge is 2.10. The number of hydrogen-bond acceptors (Lipinski definition) is 3. The molecule has 0 aliphatic carbocycles. The van der Waals surface area contributed by atoms with Crippen LogP contribution in [0.1, 0.15) is 0 Å². The minimum absolute atomic E-state index is 0.931. The quantitative estimate of drug-likeness (QED) is 0.319. The van der Waals surface area contributed by atoms with E-state index in [1.165, 1.54) is 5.39 Å². The van der Waals surface area contributed by atoms with E-state index in [1.54, 1.807) is 0 Å². The maximum Gasteiger partial charge on any atom is 0.146 e. The molecule has 0 saturated heterocycles. The molecule has 5 rings (SSSR count). The molecule has 98 valence electrons. The van der Waals surface area contributed by atoms with Gasteiger partial charge in [-0.2, -0.15) is 0 Å².